The van der Waals surface area contributed by atoms with Crippen LogP contribution in [0.5, 0.6) is 11.5 Å². The van der Waals surface area contributed by atoms with Gasteiger partial charge in [0.15, 0.2) is 11.5 Å². The summed E-state index contributed by atoms with van der Waals surface area (Å²) in [6.07, 6.45) is 2.13. The first-order chi connectivity index (χ1) is 13.6. The Balaban J connectivity index is 1.38. The number of piperidine rings is 1. The van der Waals surface area contributed by atoms with Crippen LogP contribution in [0.4, 0.5) is 10.1 Å². The van der Waals surface area contributed by atoms with Crippen molar-refractivity contribution >= 4 is 27.5 Å². The quantitative estimate of drug-likeness (QED) is 0.774. The molecule has 7 heteroatoms. The summed E-state index contributed by atoms with van der Waals surface area (Å²) in [6.45, 7) is 2.59. The second-order valence-electron chi connectivity index (χ2n) is 7.10. The van der Waals surface area contributed by atoms with Gasteiger partial charge in [-0.25, -0.2) is 4.39 Å². The number of nitrogens with zero attached hydrogens (tertiary/aromatic N) is 1. The number of carbonyl (C=O) groups excluding carboxylic acids is 1. The van der Waals surface area contributed by atoms with Crippen LogP contribution in [-0.2, 0) is 11.2 Å². The number of fused-ring (bicyclic) bond motifs is 1. The third kappa shape index (κ3) is 4.41. The van der Waals surface area contributed by atoms with Gasteiger partial charge in [-0.05, 0) is 48.7 Å². The van der Waals surface area contributed by atoms with E-state index in [-0.39, 0.29) is 24.2 Å². The highest BCUT2D eigenvalue weighted by Gasteiger charge is 2.23. The third-order valence-corrected chi connectivity index (χ3v) is 5.76. The third-order valence-electron chi connectivity index (χ3n) is 5.02. The molecule has 148 valence electrons. The lowest BCUT2D eigenvalue weighted by atomic mass is 10.0. The van der Waals surface area contributed by atoms with Gasteiger partial charge in [0.05, 0.1) is 6.42 Å². The van der Waals surface area contributed by atoms with E-state index in [1.54, 1.807) is 6.07 Å². The zero-order valence-electron chi connectivity index (χ0n) is 15.4. The Kier molecular flexibility index (Phi) is 5.71. The number of halogens is 2. The highest BCUT2D eigenvalue weighted by atomic mass is 79.9. The molecule has 1 N–H and O–H groups in total. The van der Waals surface area contributed by atoms with Gasteiger partial charge in [-0.2, -0.15) is 0 Å². The number of hydrogen-bond acceptors (Lipinski definition) is 4. The number of nitrogens with one attached hydrogen (secondary N) is 1. The molecule has 5 nitrogen and oxygen atoms in total. The van der Waals surface area contributed by atoms with Crippen LogP contribution in [0.1, 0.15) is 18.4 Å². The van der Waals surface area contributed by atoms with Crippen molar-refractivity contribution < 1.29 is 18.7 Å². The molecule has 2 aromatic carbocycles. The SMILES string of the molecule is O=C(Cc1cc2c(cc1Br)OCCO2)N[C@@H]1CCCN(c2cccc(F)c2)C1. The van der Waals surface area contributed by atoms with E-state index in [2.05, 4.69) is 26.1 Å². The summed E-state index contributed by atoms with van der Waals surface area (Å²) >= 11 is 3.52. The van der Waals surface area contributed by atoms with E-state index < -0.39 is 0 Å². The minimum Gasteiger partial charge on any atom is -0.486 e. The predicted molar refractivity (Wildman–Crippen MR) is 109 cm³/mol. The molecule has 2 aliphatic rings. The van der Waals surface area contributed by atoms with E-state index in [4.69, 9.17) is 9.47 Å². The zero-order chi connectivity index (χ0) is 19.5. The Labute approximate surface area is 171 Å². The van der Waals surface area contributed by atoms with E-state index in [0.717, 1.165) is 35.1 Å². The molecule has 1 atom stereocenters. The average molecular weight is 449 g/mol. The van der Waals surface area contributed by atoms with Crippen LogP contribution >= 0.6 is 15.9 Å². The van der Waals surface area contributed by atoms with E-state index in [1.165, 1.54) is 12.1 Å². The summed E-state index contributed by atoms with van der Waals surface area (Å²) in [5.41, 5.74) is 1.72. The van der Waals surface area contributed by atoms with Crippen molar-refractivity contribution in [1.29, 1.82) is 0 Å². The van der Waals surface area contributed by atoms with Crippen LogP contribution in [-0.4, -0.2) is 38.3 Å². The minimum atomic E-state index is -0.243. The van der Waals surface area contributed by atoms with Crippen molar-refractivity contribution in [2.75, 3.05) is 31.2 Å². The average Bonchev–Trinajstić information content (AvgIpc) is 2.69. The molecule has 4 rings (SSSR count). The number of carbonyl (C=O) groups is 1. The Morgan fingerprint density at radius 1 is 1.21 bits per heavy atom. The van der Waals surface area contributed by atoms with Crippen LogP contribution in [0.2, 0.25) is 0 Å². The lowest BCUT2D eigenvalue weighted by molar-refractivity contribution is -0.121. The van der Waals surface area contributed by atoms with Gasteiger partial charge in [0.1, 0.15) is 19.0 Å². The van der Waals surface area contributed by atoms with Crippen molar-refractivity contribution in [3.05, 3.63) is 52.3 Å². The fraction of sp³-hybridized carbons (Fsp3) is 0.381. The van der Waals surface area contributed by atoms with Gasteiger partial charge in [0.2, 0.25) is 5.91 Å². The lowest BCUT2D eigenvalue weighted by Gasteiger charge is -2.34. The number of hydrogen-bond donors (Lipinski definition) is 1. The first-order valence-corrected chi connectivity index (χ1v) is 10.3. The number of amides is 1. The Morgan fingerprint density at radius 2 is 2.00 bits per heavy atom. The summed E-state index contributed by atoms with van der Waals surface area (Å²) in [4.78, 5) is 14.7. The molecule has 0 bridgehead atoms. The first kappa shape index (κ1) is 19.1. The smallest absolute Gasteiger partial charge is 0.224 e. The molecule has 2 heterocycles. The highest BCUT2D eigenvalue weighted by molar-refractivity contribution is 9.10. The number of anilines is 1. The van der Waals surface area contributed by atoms with Gasteiger partial charge in [0, 0.05) is 29.3 Å². The maximum atomic E-state index is 13.5. The van der Waals surface area contributed by atoms with Crippen molar-refractivity contribution in [3.63, 3.8) is 0 Å². The van der Waals surface area contributed by atoms with E-state index in [9.17, 15) is 9.18 Å². The van der Waals surface area contributed by atoms with Crippen molar-refractivity contribution in [3.8, 4) is 11.5 Å². The molecule has 2 aliphatic heterocycles. The number of rotatable bonds is 4. The van der Waals surface area contributed by atoms with Crippen molar-refractivity contribution in [1.82, 2.24) is 5.32 Å². The van der Waals surface area contributed by atoms with Crippen molar-refractivity contribution in [2.24, 2.45) is 0 Å². The van der Waals surface area contributed by atoms with E-state index >= 15 is 0 Å². The molecule has 2 aromatic rings. The predicted octanol–water partition coefficient (Wildman–Crippen LogP) is 3.69. The molecular formula is C21H22BrFN2O3. The molecule has 1 fully saturated rings. The zero-order valence-corrected chi connectivity index (χ0v) is 17.0. The van der Waals surface area contributed by atoms with Gasteiger partial charge in [-0.3, -0.25) is 4.79 Å². The molecule has 0 spiro atoms. The van der Waals surface area contributed by atoms with Crippen LogP contribution in [0.15, 0.2) is 40.9 Å². The van der Waals surface area contributed by atoms with Crippen LogP contribution in [0, 0.1) is 5.82 Å². The lowest BCUT2D eigenvalue weighted by Crippen LogP contribution is -2.48. The summed E-state index contributed by atoms with van der Waals surface area (Å²) < 4.78 is 25.5. The fourth-order valence-electron chi connectivity index (χ4n) is 3.70. The van der Waals surface area contributed by atoms with Crippen LogP contribution < -0.4 is 19.7 Å². The monoisotopic (exact) mass is 448 g/mol. The Hall–Kier alpha value is -2.28. The molecule has 0 saturated carbocycles. The van der Waals surface area contributed by atoms with Gasteiger partial charge in [0.25, 0.3) is 0 Å². The molecule has 0 radical (unpaired) electrons. The topological polar surface area (TPSA) is 50.8 Å². The van der Waals surface area contributed by atoms with Crippen molar-refractivity contribution in [2.45, 2.75) is 25.3 Å². The summed E-state index contributed by atoms with van der Waals surface area (Å²) in [7, 11) is 0. The normalized spacial score (nSPS) is 18.6. The molecular weight excluding hydrogens is 427 g/mol. The largest absolute Gasteiger partial charge is 0.486 e. The highest BCUT2D eigenvalue weighted by Crippen LogP contribution is 2.35. The van der Waals surface area contributed by atoms with Gasteiger partial charge in [-0.15, -0.1) is 0 Å². The second-order valence-corrected chi connectivity index (χ2v) is 7.95. The standard InChI is InChI=1S/C21H22BrFN2O3/c22-18-12-20-19(27-7-8-28-20)9-14(18)10-21(26)24-16-4-2-6-25(13-16)17-5-1-3-15(23)11-17/h1,3,5,9,11-12,16H,2,4,6-8,10,13H2,(H,24,26)/t16-/m1/s1. The maximum absolute atomic E-state index is 13.5. The van der Waals surface area contributed by atoms with E-state index in [1.807, 2.05) is 18.2 Å². The van der Waals surface area contributed by atoms with Gasteiger partial charge < -0.3 is 19.7 Å². The number of ether oxygens (including phenoxy) is 2. The van der Waals surface area contributed by atoms with Crippen LogP contribution in [0.3, 0.4) is 0 Å². The number of benzene rings is 2. The minimum absolute atomic E-state index is 0.0385. The molecule has 0 aromatic heterocycles. The first-order valence-electron chi connectivity index (χ1n) is 9.46. The Bertz CT molecular complexity index is 877. The molecule has 0 unspecified atom stereocenters. The summed E-state index contributed by atoms with van der Waals surface area (Å²) in [5, 5.41) is 3.12. The second kappa shape index (κ2) is 8.39. The summed E-state index contributed by atoms with van der Waals surface area (Å²) in [6, 6.07) is 10.3. The summed E-state index contributed by atoms with van der Waals surface area (Å²) in [5.74, 6) is 1.09. The molecule has 28 heavy (non-hydrogen) atoms. The van der Waals surface area contributed by atoms with E-state index in [0.29, 0.717) is 31.3 Å². The Morgan fingerprint density at radius 3 is 2.79 bits per heavy atom. The fourth-order valence-corrected chi connectivity index (χ4v) is 4.16. The van der Waals surface area contributed by atoms with Crippen LogP contribution in [0.25, 0.3) is 0 Å². The molecule has 1 amide bonds. The molecule has 1 saturated heterocycles. The van der Waals surface area contributed by atoms with Gasteiger partial charge in [-0.1, -0.05) is 22.0 Å². The molecule has 0 aliphatic carbocycles. The van der Waals surface area contributed by atoms with Gasteiger partial charge >= 0.3 is 0 Å². The maximum Gasteiger partial charge on any atom is 0.224 e.